The average molecular weight is 229 g/mol. The zero-order chi connectivity index (χ0) is 11.5. The molecule has 0 saturated carbocycles. The van der Waals surface area contributed by atoms with Crippen molar-refractivity contribution in [2.24, 2.45) is 0 Å². The Labute approximate surface area is 93.2 Å². The topological polar surface area (TPSA) is 66.9 Å². The molecule has 1 aromatic heterocycles. The van der Waals surface area contributed by atoms with Gasteiger partial charge in [0.25, 0.3) is 0 Å². The average Bonchev–Trinajstić information content (AvgIpc) is 2.21. The molecule has 6 heteroatoms. The molecule has 5 nitrogen and oxygen atoms in total. The Kier molecular flexibility index (Phi) is 3.60. The van der Waals surface area contributed by atoms with Crippen molar-refractivity contribution in [1.82, 2.24) is 15.5 Å². The van der Waals surface area contributed by atoms with Gasteiger partial charge in [-0.3, -0.25) is 4.79 Å². The van der Waals surface area contributed by atoms with Crippen molar-refractivity contribution in [3.8, 4) is 0 Å². The van der Waals surface area contributed by atoms with E-state index in [4.69, 9.17) is 11.6 Å². The van der Waals surface area contributed by atoms with Gasteiger partial charge in [0, 0.05) is 0 Å². The van der Waals surface area contributed by atoms with Crippen LogP contribution in [-0.4, -0.2) is 28.7 Å². The van der Waals surface area contributed by atoms with Crippen molar-refractivity contribution in [3.63, 3.8) is 0 Å². The number of carbonyl (C=O) groups excluding carboxylic acids is 1. The fourth-order valence-corrected chi connectivity index (χ4v) is 0.870. The number of rotatable bonds is 3. The van der Waals surface area contributed by atoms with Crippen LogP contribution in [0.25, 0.3) is 0 Å². The lowest BCUT2D eigenvalue weighted by atomic mass is 10.1. The summed E-state index contributed by atoms with van der Waals surface area (Å²) in [7, 11) is 1.72. The van der Waals surface area contributed by atoms with Gasteiger partial charge in [-0.05, 0) is 33.0 Å². The van der Waals surface area contributed by atoms with E-state index in [-0.39, 0.29) is 5.91 Å². The maximum Gasteiger partial charge on any atom is 0.245 e. The van der Waals surface area contributed by atoms with Crippen molar-refractivity contribution in [2.45, 2.75) is 19.4 Å². The summed E-state index contributed by atoms with van der Waals surface area (Å²) in [6.45, 7) is 3.54. The molecule has 1 aromatic rings. The first-order chi connectivity index (χ1) is 6.95. The summed E-state index contributed by atoms with van der Waals surface area (Å²) in [5.74, 6) is 0.203. The molecule has 0 bridgehead atoms. The van der Waals surface area contributed by atoms with Gasteiger partial charge in [-0.25, -0.2) is 0 Å². The van der Waals surface area contributed by atoms with Gasteiger partial charge in [-0.2, -0.15) is 0 Å². The summed E-state index contributed by atoms with van der Waals surface area (Å²) >= 11 is 5.57. The largest absolute Gasteiger partial charge is 0.308 e. The van der Waals surface area contributed by atoms with Gasteiger partial charge in [0.1, 0.15) is 0 Å². The van der Waals surface area contributed by atoms with Gasteiger partial charge in [-0.15, -0.1) is 10.2 Å². The number of aromatic nitrogens is 2. The second kappa shape index (κ2) is 4.55. The number of nitrogens with one attached hydrogen (secondary N) is 2. The predicted molar refractivity (Wildman–Crippen MR) is 58.8 cm³/mol. The number of amides is 1. The number of hydrogen-bond donors (Lipinski definition) is 2. The van der Waals surface area contributed by atoms with E-state index in [0.717, 1.165) is 0 Å². The van der Waals surface area contributed by atoms with E-state index in [0.29, 0.717) is 11.0 Å². The summed E-state index contributed by atoms with van der Waals surface area (Å²) in [5.41, 5.74) is -0.651. The molecule has 0 atom stereocenters. The standard InChI is InChI=1S/C9H13ClN4O/c1-9(2,11-3)8(15)12-7-5-4-6(10)13-14-7/h4-5,11H,1-3H3,(H,12,14,15). The van der Waals surface area contributed by atoms with E-state index in [1.54, 1.807) is 33.0 Å². The first-order valence-electron chi connectivity index (χ1n) is 4.45. The summed E-state index contributed by atoms with van der Waals surface area (Å²) in [6, 6.07) is 3.16. The SMILES string of the molecule is CNC(C)(C)C(=O)Nc1ccc(Cl)nn1. The molecule has 0 radical (unpaired) electrons. The minimum atomic E-state index is -0.651. The molecule has 0 aromatic carbocycles. The van der Waals surface area contributed by atoms with Crippen LogP contribution in [0.4, 0.5) is 5.82 Å². The molecule has 15 heavy (non-hydrogen) atoms. The van der Waals surface area contributed by atoms with Gasteiger partial charge in [0.05, 0.1) is 5.54 Å². The number of nitrogens with zero attached hydrogens (tertiary/aromatic N) is 2. The Morgan fingerprint density at radius 3 is 2.53 bits per heavy atom. The van der Waals surface area contributed by atoms with Crippen molar-refractivity contribution in [3.05, 3.63) is 17.3 Å². The highest BCUT2D eigenvalue weighted by Gasteiger charge is 2.25. The summed E-state index contributed by atoms with van der Waals surface area (Å²) in [6.07, 6.45) is 0. The van der Waals surface area contributed by atoms with Crippen LogP contribution in [0.2, 0.25) is 5.15 Å². The van der Waals surface area contributed by atoms with Crippen LogP contribution >= 0.6 is 11.6 Å². The van der Waals surface area contributed by atoms with Crippen LogP contribution < -0.4 is 10.6 Å². The van der Waals surface area contributed by atoms with Crippen molar-refractivity contribution in [1.29, 1.82) is 0 Å². The van der Waals surface area contributed by atoms with Crippen LogP contribution in [0, 0.1) is 0 Å². The molecule has 0 saturated heterocycles. The van der Waals surface area contributed by atoms with E-state index in [1.807, 2.05) is 0 Å². The molecule has 82 valence electrons. The third-order valence-electron chi connectivity index (χ3n) is 2.07. The molecule has 1 heterocycles. The predicted octanol–water partition coefficient (Wildman–Crippen LogP) is 1.07. The third-order valence-corrected chi connectivity index (χ3v) is 2.27. The first-order valence-corrected chi connectivity index (χ1v) is 4.83. The Morgan fingerprint density at radius 2 is 2.07 bits per heavy atom. The molecule has 1 amide bonds. The van der Waals surface area contributed by atoms with Gasteiger partial charge >= 0.3 is 0 Å². The lowest BCUT2D eigenvalue weighted by molar-refractivity contribution is -0.121. The lowest BCUT2D eigenvalue weighted by Crippen LogP contribution is -2.48. The minimum Gasteiger partial charge on any atom is -0.308 e. The summed E-state index contributed by atoms with van der Waals surface area (Å²) < 4.78 is 0. The molecular weight excluding hydrogens is 216 g/mol. The maximum absolute atomic E-state index is 11.7. The maximum atomic E-state index is 11.7. The zero-order valence-corrected chi connectivity index (χ0v) is 9.59. The Balaban J connectivity index is 2.71. The van der Waals surface area contributed by atoms with Crippen molar-refractivity contribution < 1.29 is 4.79 Å². The van der Waals surface area contributed by atoms with E-state index < -0.39 is 5.54 Å². The monoisotopic (exact) mass is 228 g/mol. The Hall–Kier alpha value is -1.20. The number of anilines is 1. The Bertz CT molecular complexity index is 350. The van der Waals surface area contributed by atoms with Gasteiger partial charge in [0.15, 0.2) is 11.0 Å². The van der Waals surface area contributed by atoms with Crippen molar-refractivity contribution >= 4 is 23.3 Å². The molecule has 0 spiro atoms. The van der Waals surface area contributed by atoms with Crippen LogP contribution in [0.15, 0.2) is 12.1 Å². The number of hydrogen-bond acceptors (Lipinski definition) is 4. The first kappa shape index (κ1) is 11.9. The fraction of sp³-hybridized carbons (Fsp3) is 0.444. The normalized spacial score (nSPS) is 11.2. The molecular formula is C9H13ClN4O. The second-order valence-corrected chi connectivity index (χ2v) is 3.96. The molecule has 1 rings (SSSR count). The summed E-state index contributed by atoms with van der Waals surface area (Å²) in [4.78, 5) is 11.7. The van der Waals surface area contributed by atoms with Crippen LogP contribution in [-0.2, 0) is 4.79 Å². The molecule has 0 aliphatic rings. The highest BCUT2D eigenvalue weighted by atomic mass is 35.5. The third kappa shape index (κ3) is 3.14. The van der Waals surface area contributed by atoms with Crippen LogP contribution in [0.5, 0.6) is 0 Å². The van der Waals surface area contributed by atoms with E-state index in [1.165, 1.54) is 0 Å². The van der Waals surface area contributed by atoms with E-state index in [2.05, 4.69) is 20.8 Å². The highest BCUT2D eigenvalue weighted by molar-refractivity contribution is 6.29. The molecule has 0 unspecified atom stereocenters. The van der Waals surface area contributed by atoms with E-state index in [9.17, 15) is 4.79 Å². The molecule has 0 aliphatic carbocycles. The number of carbonyl (C=O) groups is 1. The molecule has 0 aliphatic heterocycles. The minimum absolute atomic E-state index is 0.179. The summed E-state index contributed by atoms with van der Waals surface area (Å²) in [5, 5.41) is 13.2. The van der Waals surface area contributed by atoms with Crippen molar-refractivity contribution in [2.75, 3.05) is 12.4 Å². The second-order valence-electron chi connectivity index (χ2n) is 3.57. The highest BCUT2D eigenvalue weighted by Crippen LogP contribution is 2.09. The van der Waals surface area contributed by atoms with Crippen LogP contribution in [0.3, 0.4) is 0 Å². The lowest BCUT2D eigenvalue weighted by Gasteiger charge is -2.22. The number of likely N-dealkylation sites (N-methyl/N-ethyl adjacent to an activating group) is 1. The number of halogens is 1. The quantitative estimate of drug-likeness (QED) is 0.812. The molecule has 0 fully saturated rings. The Morgan fingerprint density at radius 1 is 1.40 bits per heavy atom. The van der Waals surface area contributed by atoms with Gasteiger partial charge in [0.2, 0.25) is 5.91 Å². The van der Waals surface area contributed by atoms with Gasteiger partial charge < -0.3 is 10.6 Å². The van der Waals surface area contributed by atoms with Crippen LogP contribution in [0.1, 0.15) is 13.8 Å². The van der Waals surface area contributed by atoms with Gasteiger partial charge in [-0.1, -0.05) is 11.6 Å². The smallest absolute Gasteiger partial charge is 0.245 e. The zero-order valence-electron chi connectivity index (χ0n) is 8.84. The van der Waals surface area contributed by atoms with E-state index >= 15 is 0 Å². The fourth-order valence-electron chi connectivity index (χ4n) is 0.769. The molecule has 2 N–H and O–H groups in total.